The van der Waals surface area contributed by atoms with Crippen molar-refractivity contribution >= 4 is 18.2 Å². The number of hydrogen-bond donors (Lipinski definition) is 1. The number of aliphatic imine (C=N–C) groups is 1. The first-order valence-electron chi connectivity index (χ1n) is 6.33. The van der Waals surface area contributed by atoms with Crippen molar-refractivity contribution in [1.82, 2.24) is 4.90 Å². The second kappa shape index (κ2) is 6.13. The van der Waals surface area contributed by atoms with Crippen LogP contribution >= 0.6 is 0 Å². The number of rotatable bonds is 3. The van der Waals surface area contributed by atoms with Crippen LogP contribution in [-0.4, -0.2) is 36.1 Å². The first kappa shape index (κ1) is 13.3. The van der Waals surface area contributed by atoms with Crippen LogP contribution in [0.5, 0.6) is 0 Å². The van der Waals surface area contributed by atoms with Gasteiger partial charge in [-0.2, -0.15) is 4.99 Å². The number of amides is 1. The molecule has 0 aromatic heterocycles. The molecule has 0 aliphatic carbocycles. The van der Waals surface area contributed by atoms with E-state index < -0.39 is 0 Å². The molecule has 0 spiro atoms. The SMILES string of the molecule is NC(=NC(=O)c1ccccc1)N1CCC(CC=O)C1. The summed E-state index contributed by atoms with van der Waals surface area (Å²) in [7, 11) is 0. The van der Waals surface area contributed by atoms with Gasteiger partial charge in [-0.15, -0.1) is 0 Å². The van der Waals surface area contributed by atoms with Crippen molar-refractivity contribution in [2.24, 2.45) is 16.6 Å². The highest BCUT2D eigenvalue weighted by Crippen LogP contribution is 2.18. The smallest absolute Gasteiger partial charge is 0.280 e. The summed E-state index contributed by atoms with van der Waals surface area (Å²) in [6.07, 6.45) is 2.38. The van der Waals surface area contributed by atoms with Gasteiger partial charge >= 0.3 is 0 Å². The van der Waals surface area contributed by atoms with Gasteiger partial charge in [0.25, 0.3) is 5.91 Å². The third-order valence-corrected chi connectivity index (χ3v) is 3.28. The molecule has 0 bridgehead atoms. The van der Waals surface area contributed by atoms with Crippen LogP contribution < -0.4 is 5.73 Å². The minimum Gasteiger partial charge on any atom is -0.369 e. The van der Waals surface area contributed by atoms with Crippen molar-refractivity contribution in [3.8, 4) is 0 Å². The van der Waals surface area contributed by atoms with Gasteiger partial charge in [-0.3, -0.25) is 4.79 Å². The Labute approximate surface area is 112 Å². The number of guanidine groups is 1. The largest absolute Gasteiger partial charge is 0.369 e. The molecule has 0 radical (unpaired) electrons. The van der Waals surface area contributed by atoms with Crippen molar-refractivity contribution < 1.29 is 9.59 Å². The van der Waals surface area contributed by atoms with E-state index in [2.05, 4.69) is 4.99 Å². The molecule has 1 atom stereocenters. The summed E-state index contributed by atoms with van der Waals surface area (Å²) in [6, 6.07) is 8.83. The summed E-state index contributed by atoms with van der Waals surface area (Å²) in [5.74, 6) is 0.220. The molecule has 1 heterocycles. The molecule has 5 heteroatoms. The lowest BCUT2D eigenvalue weighted by Gasteiger charge is -2.16. The van der Waals surface area contributed by atoms with Crippen LogP contribution in [-0.2, 0) is 4.79 Å². The van der Waals surface area contributed by atoms with Crippen LogP contribution in [0.3, 0.4) is 0 Å². The molecular formula is C14H17N3O2. The van der Waals surface area contributed by atoms with E-state index in [0.29, 0.717) is 24.4 Å². The quantitative estimate of drug-likeness (QED) is 0.500. The Bertz CT molecular complexity index is 485. The van der Waals surface area contributed by atoms with E-state index in [9.17, 15) is 9.59 Å². The van der Waals surface area contributed by atoms with Crippen LogP contribution in [0, 0.1) is 5.92 Å². The van der Waals surface area contributed by atoms with Crippen LogP contribution in [0.25, 0.3) is 0 Å². The van der Waals surface area contributed by atoms with E-state index in [4.69, 9.17) is 5.73 Å². The molecule has 5 nitrogen and oxygen atoms in total. The maximum Gasteiger partial charge on any atom is 0.280 e. The molecule has 1 aromatic carbocycles. The zero-order valence-electron chi connectivity index (χ0n) is 10.7. The van der Waals surface area contributed by atoms with Crippen LogP contribution in [0.4, 0.5) is 0 Å². The maximum absolute atomic E-state index is 11.9. The second-order valence-electron chi connectivity index (χ2n) is 4.64. The van der Waals surface area contributed by atoms with Crippen molar-refractivity contribution in [3.05, 3.63) is 35.9 Å². The molecule has 1 fully saturated rings. The molecule has 1 saturated heterocycles. The average Bonchev–Trinajstić information content (AvgIpc) is 2.89. The van der Waals surface area contributed by atoms with Gasteiger partial charge in [-0.25, -0.2) is 0 Å². The van der Waals surface area contributed by atoms with Gasteiger partial charge in [0, 0.05) is 25.1 Å². The monoisotopic (exact) mass is 259 g/mol. The number of benzene rings is 1. The first-order valence-corrected chi connectivity index (χ1v) is 6.33. The van der Waals surface area contributed by atoms with E-state index in [1.807, 2.05) is 11.0 Å². The third-order valence-electron chi connectivity index (χ3n) is 3.28. The van der Waals surface area contributed by atoms with Crippen molar-refractivity contribution in [2.45, 2.75) is 12.8 Å². The molecule has 1 unspecified atom stereocenters. The minimum absolute atomic E-state index is 0.238. The van der Waals surface area contributed by atoms with E-state index in [1.54, 1.807) is 24.3 Å². The van der Waals surface area contributed by atoms with Gasteiger partial charge in [0.2, 0.25) is 0 Å². The average molecular weight is 259 g/mol. The number of carbonyl (C=O) groups excluding carboxylic acids is 2. The molecule has 1 aromatic rings. The highest BCUT2D eigenvalue weighted by Gasteiger charge is 2.23. The second-order valence-corrected chi connectivity index (χ2v) is 4.64. The highest BCUT2D eigenvalue weighted by molar-refractivity contribution is 6.02. The Kier molecular flexibility index (Phi) is 4.28. The molecule has 0 saturated carbocycles. The molecule has 1 aliphatic heterocycles. The Hall–Kier alpha value is -2.17. The topological polar surface area (TPSA) is 75.8 Å². The normalized spacial score (nSPS) is 19.5. The number of carbonyl (C=O) groups is 2. The van der Waals surface area contributed by atoms with Gasteiger partial charge in [0.05, 0.1) is 0 Å². The fourth-order valence-electron chi connectivity index (χ4n) is 2.19. The fraction of sp³-hybridized carbons (Fsp3) is 0.357. The lowest BCUT2D eigenvalue weighted by atomic mass is 10.1. The summed E-state index contributed by atoms with van der Waals surface area (Å²) in [4.78, 5) is 28.1. The van der Waals surface area contributed by atoms with Crippen LogP contribution in [0.2, 0.25) is 0 Å². The summed E-state index contributed by atoms with van der Waals surface area (Å²) in [6.45, 7) is 1.44. The predicted molar refractivity (Wildman–Crippen MR) is 72.8 cm³/mol. The molecule has 2 N–H and O–H groups in total. The highest BCUT2D eigenvalue weighted by atomic mass is 16.1. The Morgan fingerprint density at radius 3 is 2.84 bits per heavy atom. The third kappa shape index (κ3) is 3.40. The number of aldehydes is 1. The van der Waals surface area contributed by atoms with E-state index in [0.717, 1.165) is 19.3 Å². The lowest BCUT2D eigenvalue weighted by molar-refractivity contribution is -0.108. The summed E-state index contributed by atoms with van der Waals surface area (Å²) in [5.41, 5.74) is 6.36. The number of hydrogen-bond acceptors (Lipinski definition) is 2. The number of nitrogens with zero attached hydrogens (tertiary/aromatic N) is 2. The van der Waals surface area contributed by atoms with E-state index in [-0.39, 0.29) is 11.9 Å². The Morgan fingerprint density at radius 1 is 1.42 bits per heavy atom. The van der Waals surface area contributed by atoms with Gasteiger partial charge in [0.1, 0.15) is 6.29 Å². The molecule has 2 rings (SSSR count). The molecule has 100 valence electrons. The lowest BCUT2D eigenvalue weighted by Crippen LogP contribution is -2.36. The first-order chi connectivity index (χ1) is 9.20. The van der Waals surface area contributed by atoms with Crippen LogP contribution in [0.15, 0.2) is 35.3 Å². The van der Waals surface area contributed by atoms with Gasteiger partial charge in [-0.1, -0.05) is 18.2 Å². The minimum atomic E-state index is -0.336. The van der Waals surface area contributed by atoms with Gasteiger partial charge < -0.3 is 15.4 Å². The van der Waals surface area contributed by atoms with Gasteiger partial charge in [0.15, 0.2) is 5.96 Å². The summed E-state index contributed by atoms with van der Waals surface area (Å²) < 4.78 is 0. The molecule has 1 amide bonds. The zero-order valence-corrected chi connectivity index (χ0v) is 10.7. The van der Waals surface area contributed by atoms with E-state index >= 15 is 0 Å². The maximum atomic E-state index is 11.9. The predicted octanol–water partition coefficient (Wildman–Crippen LogP) is 1.05. The summed E-state index contributed by atoms with van der Waals surface area (Å²) in [5, 5.41) is 0. The fourth-order valence-corrected chi connectivity index (χ4v) is 2.19. The number of likely N-dealkylation sites (tertiary alicyclic amines) is 1. The van der Waals surface area contributed by atoms with Crippen molar-refractivity contribution in [3.63, 3.8) is 0 Å². The molecule has 19 heavy (non-hydrogen) atoms. The Balaban J connectivity index is 2.00. The standard InChI is InChI=1S/C14H17N3O2/c15-14(17-8-6-11(10-17)7-9-18)16-13(19)12-4-2-1-3-5-12/h1-5,9,11H,6-8,10H2,(H2,15,16,19). The Morgan fingerprint density at radius 2 is 2.16 bits per heavy atom. The van der Waals surface area contributed by atoms with Gasteiger partial charge in [-0.05, 0) is 24.5 Å². The van der Waals surface area contributed by atoms with Crippen LogP contribution in [0.1, 0.15) is 23.2 Å². The number of nitrogens with two attached hydrogens (primary N) is 1. The zero-order chi connectivity index (χ0) is 13.7. The van der Waals surface area contributed by atoms with Crippen molar-refractivity contribution in [2.75, 3.05) is 13.1 Å². The molecular weight excluding hydrogens is 242 g/mol. The van der Waals surface area contributed by atoms with E-state index in [1.165, 1.54) is 0 Å². The van der Waals surface area contributed by atoms with Crippen molar-refractivity contribution in [1.29, 1.82) is 0 Å². The summed E-state index contributed by atoms with van der Waals surface area (Å²) >= 11 is 0. The molecule has 1 aliphatic rings.